The largest absolute Gasteiger partial charge is 0.336 e. The lowest BCUT2D eigenvalue weighted by Gasteiger charge is -2.47. The molecule has 0 aliphatic carbocycles. The van der Waals surface area contributed by atoms with E-state index in [-0.39, 0.29) is 5.91 Å². The van der Waals surface area contributed by atoms with Gasteiger partial charge in [0.25, 0.3) is 0 Å². The predicted molar refractivity (Wildman–Crippen MR) is 73.4 cm³/mol. The van der Waals surface area contributed by atoms with Crippen LogP contribution in [0.25, 0.3) is 0 Å². The van der Waals surface area contributed by atoms with Gasteiger partial charge in [-0.3, -0.25) is 9.69 Å². The number of carbonyl (C=O) groups excluding carboxylic acids is 1. The van der Waals surface area contributed by atoms with Crippen molar-refractivity contribution in [2.45, 2.75) is 19.9 Å². The first kappa shape index (κ1) is 13.6. The molecule has 2 fully saturated rings. The Balaban J connectivity index is 1.91. The van der Waals surface area contributed by atoms with Gasteiger partial charge in [0, 0.05) is 51.9 Å². The highest BCUT2D eigenvalue weighted by Crippen LogP contribution is 2.16. The van der Waals surface area contributed by atoms with Crippen molar-refractivity contribution >= 4 is 5.91 Å². The molecule has 1 amide bonds. The van der Waals surface area contributed by atoms with Gasteiger partial charge < -0.3 is 9.80 Å². The van der Waals surface area contributed by atoms with Crippen molar-refractivity contribution in [1.29, 1.82) is 0 Å². The van der Waals surface area contributed by atoms with Gasteiger partial charge in [-0.1, -0.05) is 20.4 Å². The van der Waals surface area contributed by atoms with Gasteiger partial charge in [0.05, 0.1) is 0 Å². The molecule has 1 atom stereocenters. The molecule has 4 nitrogen and oxygen atoms in total. The molecule has 0 aromatic heterocycles. The first-order valence-corrected chi connectivity index (χ1v) is 6.98. The van der Waals surface area contributed by atoms with Crippen LogP contribution in [-0.4, -0.2) is 72.5 Å². The van der Waals surface area contributed by atoms with Crippen LogP contribution >= 0.6 is 0 Å². The molecule has 0 aromatic carbocycles. The maximum Gasteiger partial charge on any atom is 0.246 e. The molecule has 2 aliphatic heterocycles. The molecule has 2 heterocycles. The van der Waals surface area contributed by atoms with E-state index < -0.39 is 0 Å². The van der Waals surface area contributed by atoms with Crippen LogP contribution in [0.2, 0.25) is 0 Å². The second kappa shape index (κ2) is 5.85. The lowest BCUT2D eigenvalue weighted by Crippen LogP contribution is -2.62. The minimum atomic E-state index is 0.0793. The molecule has 18 heavy (non-hydrogen) atoms. The number of fused-ring (bicyclic) bond motifs is 1. The van der Waals surface area contributed by atoms with E-state index in [1.807, 2.05) is 4.90 Å². The van der Waals surface area contributed by atoms with E-state index in [4.69, 9.17) is 0 Å². The second-order valence-electron chi connectivity index (χ2n) is 5.83. The number of amides is 1. The molecule has 1 unspecified atom stereocenters. The van der Waals surface area contributed by atoms with Gasteiger partial charge in [0.2, 0.25) is 5.91 Å². The van der Waals surface area contributed by atoms with Crippen molar-refractivity contribution < 1.29 is 4.79 Å². The zero-order valence-corrected chi connectivity index (χ0v) is 11.6. The number of hydrogen-bond donors (Lipinski definition) is 0. The minimum Gasteiger partial charge on any atom is -0.336 e. The quantitative estimate of drug-likeness (QED) is 0.689. The van der Waals surface area contributed by atoms with Crippen molar-refractivity contribution in [3.63, 3.8) is 0 Å². The topological polar surface area (TPSA) is 26.8 Å². The number of nitrogens with zero attached hydrogens (tertiary/aromatic N) is 3. The molecule has 0 radical (unpaired) electrons. The summed E-state index contributed by atoms with van der Waals surface area (Å²) in [6.45, 7) is 15.4. The normalized spacial score (nSPS) is 26.2. The van der Waals surface area contributed by atoms with Gasteiger partial charge in [-0.05, 0) is 12.0 Å². The fourth-order valence-electron chi connectivity index (χ4n) is 3.03. The van der Waals surface area contributed by atoms with E-state index in [0.29, 0.717) is 12.0 Å². The van der Waals surface area contributed by atoms with E-state index >= 15 is 0 Å². The highest BCUT2D eigenvalue weighted by Gasteiger charge is 2.33. The van der Waals surface area contributed by atoms with Gasteiger partial charge in [-0.25, -0.2) is 0 Å². The zero-order valence-electron chi connectivity index (χ0n) is 11.6. The van der Waals surface area contributed by atoms with Crippen LogP contribution < -0.4 is 0 Å². The SMILES string of the molecule is C=CC(=O)N1CCN2CCN(CC(C)C)CC2C1. The fourth-order valence-corrected chi connectivity index (χ4v) is 3.03. The molecule has 0 N–H and O–H groups in total. The van der Waals surface area contributed by atoms with E-state index in [1.165, 1.54) is 19.2 Å². The molecule has 2 aliphatic rings. The monoisotopic (exact) mass is 251 g/mol. The number of hydrogen-bond acceptors (Lipinski definition) is 3. The van der Waals surface area contributed by atoms with E-state index in [2.05, 4.69) is 30.2 Å². The molecule has 0 spiro atoms. The third-order valence-corrected chi connectivity index (χ3v) is 3.89. The lowest BCUT2D eigenvalue weighted by molar-refractivity contribution is -0.130. The van der Waals surface area contributed by atoms with Crippen molar-refractivity contribution in [1.82, 2.24) is 14.7 Å². The van der Waals surface area contributed by atoms with E-state index in [9.17, 15) is 4.79 Å². The van der Waals surface area contributed by atoms with E-state index in [1.54, 1.807) is 0 Å². The van der Waals surface area contributed by atoms with E-state index in [0.717, 1.165) is 32.7 Å². The molecule has 102 valence electrons. The number of piperazine rings is 2. The smallest absolute Gasteiger partial charge is 0.246 e. The van der Waals surface area contributed by atoms with Crippen LogP contribution in [0.4, 0.5) is 0 Å². The Hall–Kier alpha value is -0.870. The first-order chi connectivity index (χ1) is 8.60. The molecule has 0 bridgehead atoms. The maximum absolute atomic E-state index is 11.7. The summed E-state index contributed by atoms with van der Waals surface area (Å²) < 4.78 is 0. The minimum absolute atomic E-state index is 0.0793. The molecule has 0 saturated carbocycles. The standard InChI is InChI=1S/C14H25N3O/c1-4-14(18)17-8-7-16-6-5-15(9-12(2)3)10-13(16)11-17/h4,12-13H,1,5-11H2,2-3H3. The van der Waals surface area contributed by atoms with Gasteiger partial charge in [0.1, 0.15) is 0 Å². The van der Waals surface area contributed by atoms with Gasteiger partial charge in [-0.15, -0.1) is 0 Å². The summed E-state index contributed by atoms with van der Waals surface area (Å²) in [7, 11) is 0. The highest BCUT2D eigenvalue weighted by atomic mass is 16.2. The van der Waals surface area contributed by atoms with Gasteiger partial charge in [-0.2, -0.15) is 0 Å². The highest BCUT2D eigenvalue weighted by molar-refractivity contribution is 5.87. The summed E-state index contributed by atoms with van der Waals surface area (Å²) >= 11 is 0. The van der Waals surface area contributed by atoms with Crippen molar-refractivity contribution in [2.75, 3.05) is 45.8 Å². The van der Waals surface area contributed by atoms with Crippen LogP contribution in [0.15, 0.2) is 12.7 Å². The lowest BCUT2D eigenvalue weighted by atomic mass is 10.1. The van der Waals surface area contributed by atoms with Crippen LogP contribution in [0.3, 0.4) is 0 Å². The molecule has 2 rings (SSSR count). The summed E-state index contributed by atoms with van der Waals surface area (Å²) in [6, 6.07) is 0.509. The van der Waals surface area contributed by atoms with Crippen molar-refractivity contribution in [3.8, 4) is 0 Å². The molecule has 4 heteroatoms. The average Bonchev–Trinajstić information content (AvgIpc) is 2.36. The number of carbonyl (C=O) groups is 1. The molecule has 0 aromatic rings. The zero-order chi connectivity index (χ0) is 13.1. The Morgan fingerprint density at radius 1 is 1.28 bits per heavy atom. The van der Waals surface area contributed by atoms with Gasteiger partial charge in [0.15, 0.2) is 0 Å². The van der Waals surface area contributed by atoms with Gasteiger partial charge >= 0.3 is 0 Å². The third kappa shape index (κ3) is 3.12. The Morgan fingerprint density at radius 2 is 2.00 bits per heavy atom. The van der Waals surface area contributed by atoms with Crippen LogP contribution in [-0.2, 0) is 4.79 Å². The van der Waals surface area contributed by atoms with Crippen LogP contribution in [0.5, 0.6) is 0 Å². The molecular weight excluding hydrogens is 226 g/mol. The predicted octanol–water partition coefficient (Wildman–Crippen LogP) is 0.657. The summed E-state index contributed by atoms with van der Waals surface area (Å²) in [5.74, 6) is 0.793. The third-order valence-electron chi connectivity index (χ3n) is 3.89. The van der Waals surface area contributed by atoms with Crippen LogP contribution in [0.1, 0.15) is 13.8 Å². The Kier molecular flexibility index (Phi) is 4.40. The average molecular weight is 251 g/mol. The fraction of sp³-hybridized carbons (Fsp3) is 0.786. The second-order valence-corrected chi connectivity index (χ2v) is 5.83. The molecular formula is C14H25N3O. The summed E-state index contributed by atoms with van der Waals surface area (Å²) in [6.07, 6.45) is 1.43. The first-order valence-electron chi connectivity index (χ1n) is 6.98. The van der Waals surface area contributed by atoms with Crippen molar-refractivity contribution in [2.24, 2.45) is 5.92 Å². The Morgan fingerprint density at radius 3 is 2.67 bits per heavy atom. The van der Waals surface area contributed by atoms with Crippen molar-refractivity contribution in [3.05, 3.63) is 12.7 Å². The maximum atomic E-state index is 11.7. The Bertz CT molecular complexity index is 316. The Labute approximate surface area is 110 Å². The van der Waals surface area contributed by atoms with Crippen LogP contribution in [0, 0.1) is 5.92 Å². The summed E-state index contributed by atoms with van der Waals surface area (Å²) in [5.41, 5.74) is 0. The summed E-state index contributed by atoms with van der Waals surface area (Å²) in [5, 5.41) is 0. The molecule has 2 saturated heterocycles. The number of rotatable bonds is 3. The summed E-state index contributed by atoms with van der Waals surface area (Å²) in [4.78, 5) is 18.7.